The lowest BCUT2D eigenvalue weighted by Gasteiger charge is -2.34. The van der Waals surface area contributed by atoms with Crippen LogP contribution in [0.2, 0.25) is 5.02 Å². The number of hydrogen-bond acceptors (Lipinski definition) is 5. The number of nitrogens with one attached hydrogen (secondary N) is 1. The van der Waals surface area contributed by atoms with Gasteiger partial charge < -0.3 is 10.4 Å². The maximum absolute atomic E-state index is 13.0. The summed E-state index contributed by atoms with van der Waals surface area (Å²) < 4.78 is 39.8. The SMILES string of the molecule is O=c1ccc(C(F)(F)F)cn1-c1ccc(NCCN2CCN(CCO)CC2)cc1Cl. The van der Waals surface area contributed by atoms with Gasteiger partial charge >= 0.3 is 6.18 Å². The van der Waals surface area contributed by atoms with E-state index in [2.05, 4.69) is 15.1 Å². The zero-order valence-electron chi connectivity index (χ0n) is 16.3. The summed E-state index contributed by atoms with van der Waals surface area (Å²) in [4.78, 5) is 16.6. The van der Waals surface area contributed by atoms with E-state index in [9.17, 15) is 18.0 Å². The van der Waals surface area contributed by atoms with E-state index in [0.29, 0.717) is 13.1 Å². The van der Waals surface area contributed by atoms with Crippen LogP contribution in [-0.4, -0.2) is 71.9 Å². The molecule has 0 saturated carbocycles. The largest absolute Gasteiger partial charge is 0.417 e. The Hall–Kier alpha value is -2.07. The monoisotopic (exact) mass is 444 g/mol. The molecule has 0 bridgehead atoms. The van der Waals surface area contributed by atoms with Crippen LogP contribution in [0.5, 0.6) is 0 Å². The van der Waals surface area contributed by atoms with Gasteiger partial charge in [0.15, 0.2) is 0 Å². The third-order valence-corrected chi connectivity index (χ3v) is 5.39. The van der Waals surface area contributed by atoms with Crippen LogP contribution in [0, 0.1) is 0 Å². The first-order valence-corrected chi connectivity index (χ1v) is 10.0. The Morgan fingerprint density at radius 1 is 1.03 bits per heavy atom. The number of benzene rings is 1. The molecule has 0 amide bonds. The van der Waals surface area contributed by atoms with Crippen molar-refractivity contribution < 1.29 is 18.3 Å². The van der Waals surface area contributed by atoms with E-state index in [0.717, 1.165) is 61.3 Å². The number of alkyl halides is 3. The van der Waals surface area contributed by atoms with E-state index in [1.165, 1.54) is 6.07 Å². The second-order valence-electron chi connectivity index (χ2n) is 7.12. The van der Waals surface area contributed by atoms with Gasteiger partial charge in [0, 0.05) is 63.8 Å². The molecule has 0 radical (unpaired) electrons. The van der Waals surface area contributed by atoms with Gasteiger partial charge in [0.25, 0.3) is 5.56 Å². The molecular weight excluding hydrogens is 421 g/mol. The Bertz CT molecular complexity index is 912. The highest BCUT2D eigenvalue weighted by Crippen LogP contribution is 2.30. The van der Waals surface area contributed by atoms with E-state index >= 15 is 0 Å². The molecule has 1 aliphatic rings. The molecule has 1 fully saturated rings. The fourth-order valence-electron chi connectivity index (χ4n) is 3.39. The molecule has 30 heavy (non-hydrogen) atoms. The molecule has 0 aliphatic carbocycles. The van der Waals surface area contributed by atoms with Crippen LogP contribution in [0.3, 0.4) is 0 Å². The number of β-amino-alcohol motifs (C(OH)–C–C–N with tert-alkyl or cyclic N) is 1. The van der Waals surface area contributed by atoms with Crippen LogP contribution < -0.4 is 10.9 Å². The molecule has 1 aromatic carbocycles. The first kappa shape index (κ1) is 22.6. The molecule has 6 nitrogen and oxygen atoms in total. The fourth-order valence-corrected chi connectivity index (χ4v) is 3.66. The van der Waals surface area contributed by atoms with Crippen molar-refractivity contribution in [2.75, 3.05) is 57.7 Å². The Kier molecular flexibility index (Phi) is 7.41. The highest BCUT2D eigenvalue weighted by Gasteiger charge is 2.31. The average molecular weight is 445 g/mol. The lowest BCUT2D eigenvalue weighted by molar-refractivity contribution is -0.138. The summed E-state index contributed by atoms with van der Waals surface area (Å²) in [6.45, 7) is 6.09. The molecule has 0 atom stereocenters. The Balaban J connectivity index is 1.61. The molecule has 2 N–H and O–H groups in total. The average Bonchev–Trinajstić information content (AvgIpc) is 2.69. The van der Waals surface area contributed by atoms with Crippen molar-refractivity contribution in [2.45, 2.75) is 6.18 Å². The number of aliphatic hydroxyl groups excluding tert-OH is 1. The highest BCUT2D eigenvalue weighted by molar-refractivity contribution is 6.32. The molecule has 1 aliphatic heterocycles. The number of rotatable bonds is 7. The second kappa shape index (κ2) is 9.82. The number of halogens is 4. The molecular formula is C20H24ClF3N4O2. The lowest BCUT2D eigenvalue weighted by Crippen LogP contribution is -2.48. The highest BCUT2D eigenvalue weighted by atomic mass is 35.5. The Morgan fingerprint density at radius 2 is 1.70 bits per heavy atom. The topological polar surface area (TPSA) is 60.7 Å². The summed E-state index contributed by atoms with van der Waals surface area (Å²) in [7, 11) is 0. The zero-order valence-corrected chi connectivity index (χ0v) is 17.1. The van der Waals surface area contributed by atoms with E-state index < -0.39 is 17.3 Å². The molecule has 3 rings (SSSR count). The maximum atomic E-state index is 13.0. The molecule has 1 aromatic heterocycles. The number of aliphatic hydroxyl groups is 1. The van der Waals surface area contributed by atoms with Crippen molar-refractivity contribution in [1.29, 1.82) is 0 Å². The number of nitrogens with zero attached hydrogens (tertiary/aromatic N) is 3. The molecule has 2 aromatic rings. The van der Waals surface area contributed by atoms with Gasteiger partial charge in [-0.15, -0.1) is 0 Å². The quantitative estimate of drug-likeness (QED) is 0.687. The number of anilines is 1. The molecule has 2 heterocycles. The summed E-state index contributed by atoms with van der Waals surface area (Å²) in [5.41, 5.74) is -0.591. The van der Waals surface area contributed by atoms with E-state index in [1.54, 1.807) is 12.1 Å². The third-order valence-electron chi connectivity index (χ3n) is 5.08. The number of pyridine rings is 1. The minimum absolute atomic E-state index is 0.172. The number of piperazine rings is 1. The van der Waals surface area contributed by atoms with E-state index in [1.807, 2.05) is 0 Å². The normalized spacial score (nSPS) is 16.0. The predicted octanol–water partition coefficient (Wildman–Crippen LogP) is 2.53. The Morgan fingerprint density at radius 3 is 2.30 bits per heavy atom. The first-order chi connectivity index (χ1) is 14.3. The molecule has 0 unspecified atom stereocenters. The van der Waals surface area contributed by atoms with Crippen LogP contribution in [-0.2, 0) is 6.18 Å². The van der Waals surface area contributed by atoms with Crippen molar-refractivity contribution in [3.8, 4) is 5.69 Å². The summed E-state index contributed by atoms with van der Waals surface area (Å²) in [6, 6.07) is 6.45. The Labute approximate surface area is 177 Å². The lowest BCUT2D eigenvalue weighted by atomic mass is 10.2. The summed E-state index contributed by atoms with van der Waals surface area (Å²) in [5, 5.41) is 12.4. The van der Waals surface area contributed by atoms with E-state index in [4.69, 9.17) is 16.7 Å². The summed E-state index contributed by atoms with van der Waals surface area (Å²) in [5.74, 6) is 0. The number of hydrogen-bond donors (Lipinski definition) is 2. The predicted molar refractivity (Wildman–Crippen MR) is 111 cm³/mol. The van der Waals surface area contributed by atoms with E-state index in [-0.39, 0.29) is 17.3 Å². The van der Waals surface area contributed by atoms with Crippen molar-refractivity contribution in [3.63, 3.8) is 0 Å². The van der Waals surface area contributed by atoms with Gasteiger partial charge in [-0.3, -0.25) is 19.2 Å². The standard InChI is InChI=1S/C20H24ClF3N4O2/c21-17-13-16(25-5-6-26-7-9-27(10-8-26)11-12-29)2-3-18(17)28-14-15(20(22,23)24)1-4-19(28)30/h1-4,13-14,25,29H,5-12H2. The summed E-state index contributed by atoms with van der Waals surface area (Å²) in [6.07, 6.45) is -3.79. The zero-order chi connectivity index (χ0) is 21.7. The minimum atomic E-state index is -4.55. The van der Waals surface area contributed by atoms with Gasteiger partial charge in [-0.1, -0.05) is 11.6 Å². The van der Waals surface area contributed by atoms with Gasteiger partial charge in [-0.2, -0.15) is 13.2 Å². The molecule has 1 saturated heterocycles. The van der Waals surface area contributed by atoms with Crippen LogP contribution in [0.25, 0.3) is 5.69 Å². The smallest absolute Gasteiger partial charge is 0.395 e. The molecule has 10 heteroatoms. The minimum Gasteiger partial charge on any atom is -0.395 e. The number of aromatic nitrogens is 1. The van der Waals surface area contributed by atoms with Crippen LogP contribution in [0.1, 0.15) is 5.56 Å². The van der Waals surface area contributed by atoms with Crippen molar-refractivity contribution >= 4 is 17.3 Å². The second-order valence-corrected chi connectivity index (χ2v) is 7.53. The van der Waals surface area contributed by atoms with Gasteiger partial charge in [0.1, 0.15) is 0 Å². The van der Waals surface area contributed by atoms with Gasteiger partial charge in [-0.25, -0.2) is 0 Å². The van der Waals surface area contributed by atoms with Crippen LogP contribution >= 0.6 is 11.6 Å². The fraction of sp³-hybridized carbons (Fsp3) is 0.450. The third kappa shape index (κ3) is 5.75. The van der Waals surface area contributed by atoms with Gasteiger partial charge in [0.05, 0.1) is 22.9 Å². The molecule has 164 valence electrons. The van der Waals surface area contributed by atoms with Gasteiger partial charge in [-0.05, 0) is 24.3 Å². The maximum Gasteiger partial charge on any atom is 0.417 e. The van der Waals surface area contributed by atoms with Gasteiger partial charge in [0.2, 0.25) is 0 Å². The van der Waals surface area contributed by atoms with Crippen LogP contribution in [0.4, 0.5) is 18.9 Å². The summed E-state index contributed by atoms with van der Waals surface area (Å²) >= 11 is 6.26. The van der Waals surface area contributed by atoms with Crippen molar-refractivity contribution in [1.82, 2.24) is 14.4 Å². The first-order valence-electron chi connectivity index (χ1n) is 9.67. The van der Waals surface area contributed by atoms with Crippen LogP contribution in [0.15, 0.2) is 41.3 Å². The van der Waals surface area contributed by atoms with Crippen molar-refractivity contribution in [3.05, 3.63) is 57.5 Å². The molecule has 0 spiro atoms. The van der Waals surface area contributed by atoms with Crippen molar-refractivity contribution in [2.24, 2.45) is 0 Å².